The molecule has 0 radical (unpaired) electrons. The van der Waals surface area contributed by atoms with Gasteiger partial charge >= 0.3 is 5.97 Å². The van der Waals surface area contributed by atoms with Gasteiger partial charge in [0.2, 0.25) is 0 Å². The quantitative estimate of drug-likeness (QED) is 0.583. The predicted molar refractivity (Wildman–Crippen MR) is 113 cm³/mol. The van der Waals surface area contributed by atoms with E-state index in [1.807, 2.05) is 78.9 Å². The molecule has 30 heavy (non-hydrogen) atoms. The molecule has 0 amide bonds. The van der Waals surface area contributed by atoms with E-state index < -0.39 is 17.3 Å². The number of ketones is 2. The summed E-state index contributed by atoms with van der Waals surface area (Å²) in [5.74, 6) is -2.48. The maximum atomic E-state index is 13.6. The van der Waals surface area contributed by atoms with Crippen LogP contribution in [-0.4, -0.2) is 24.6 Å². The molecule has 0 bridgehead atoms. The van der Waals surface area contributed by atoms with E-state index in [2.05, 4.69) is 0 Å². The lowest BCUT2D eigenvalue weighted by Crippen LogP contribution is -2.67. The number of allylic oxidation sites excluding steroid dienone is 5. The van der Waals surface area contributed by atoms with E-state index in [0.717, 1.165) is 11.1 Å². The number of benzene rings is 2. The van der Waals surface area contributed by atoms with Crippen LogP contribution < -0.4 is 0 Å². The van der Waals surface area contributed by atoms with Crippen molar-refractivity contribution in [3.8, 4) is 0 Å². The molecule has 0 aromatic heterocycles. The average Bonchev–Trinajstić information content (AvgIpc) is 3.11. The zero-order chi connectivity index (χ0) is 20.9. The molecule has 1 fully saturated rings. The van der Waals surface area contributed by atoms with Crippen LogP contribution in [0.4, 0.5) is 0 Å². The van der Waals surface area contributed by atoms with E-state index in [4.69, 9.17) is 4.74 Å². The Morgan fingerprint density at radius 2 is 1.67 bits per heavy atom. The van der Waals surface area contributed by atoms with Gasteiger partial charge in [0.15, 0.2) is 11.6 Å². The van der Waals surface area contributed by atoms with Crippen LogP contribution in [0.5, 0.6) is 0 Å². The Kier molecular flexibility index (Phi) is 4.17. The van der Waals surface area contributed by atoms with Crippen molar-refractivity contribution in [2.45, 2.75) is 0 Å². The summed E-state index contributed by atoms with van der Waals surface area (Å²) in [6.45, 7) is 0. The number of ether oxygens (including phenoxy) is 1. The maximum Gasteiger partial charge on any atom is 0.321 e. The molecule has 2 aromatic rings. The van der Waals surface area contributed by atoms with Crippen molar-refractivity contribution in [2.75, 3.05) is 7.11 Å². The number of hydrogen-bond acceptors (Lipinski definition) is 4. The SMILES string of the molecule is COC(=O)[C@@]12C(=O)C=C(c3ccccc3)C(=O)[C@@H]1[C@H]1/C(=C\c3ccccc3)C=C[C@H]12. The molecular formula is C26H20O4. The second-order valence-electron chi connectivity index (χ2n) is 7.96. The van der Waals surface area contributed by atoms with Crippen molar-refractivity contribution >= 4 is 29.2 Å². The number of methoxy groups -OCH3 is 1. The van der Waals surface area contributed by atoms with Gasteiger partial charge in [0.25, 0.3) is 0 Å². The van der Waals surface area contributed by atoms with Crippen LogP contribution in [-0.2, 0) is 19.1 Å². The van der Waals surface area contributed by atoms with Gasteiger partial charge in [-0.1, -0.05) is 78.9 Å². The fraction of sp³-hybridized carbons (Fsp3) is 0.192. The van der Waals surface area contributed by atoms with Gasteiger partial charge in [0.1, 0.15) is 5.41 Å². The van der Waals surface area contributed by atoms with Gasteiger partial charge in [-0.15, -0.1) is 0 Å². The molecule has 0 aliphatic heterocycles. The standard InChI is InChI=1S/C26H20O4/c1-30-25(29)26-20-13-12-18(14-16-8-4-2-5-9-16)22(20)23(26)24(28)19(15-21(26)27)17-10-6-3-7-11-17/h2-15,20,22-23H,1H3/b18-14-/t20-,22+,23+,26+/m1/s1. The smallest absolute Gasteiger partial charge is 0.321 e. The van der Waals surface area contributed by atoms with Crippen LogP contribution in [0, 0.1) is 23.2 Å². The zero-order valence-electron chi connectivity index (χ0n) is 16.4. The zero-order valence-corrected chi connectivity index (χ0v) is 16.4. The molecule has 0 unspecified atom stereocenters. The normalized spacial score (nSPS) is 30.4. The molecule has 5 rings (SSSR count). The fourth-order valence-corrected chi connectivity index (χ4v) is 5.30. The van der Waals surface area contributed by atoms with Gasteiger partial charge in [-0.3, -0.25) is 14.4 Å². The molecule has 4 heteroatoms. The maximum absolute atomic E-state index is 13.6. The van der Waals surface area contributed by atoms with Gasteiger partial charge in [0, 0.05) is 17.4 Å². The number of hydrogen-bond donors (Lipinski definition) is 0. The van der Waals surface area contributed by atoms with Crippen molar-refractivity contribution in [2.24, 2.45) is 23.2 Å². The molecule has 2 aromatic carbocycles. The molecule has 148 valence electrons. The van der Waals surface area contributed by atoms with E-state index in [1.165, 1.54) is 13.2 Å². The minimum absolute atomic E-state index is 0.171. The third kappa shape index (κ3) is 2.37. The van der Waals surface area contributed by atoms with Gasteiger partial charge in [-0.2, -0.15) is 0 Å². The van der Waals surface area contributed by atoms with E-state index in [0.29, 0.717) is 11.1 Å². The van der Waals surface area contributed by atoms with Crippen molar-refractivity contribution in [1.29, 1.82) is 0 Å². The lowest BCUT2D eigenvalue weighted by Gasteiger charge is -2.56. The first kappa shape index (κ1) is 18.5. The summed E-state index contributed by atoms with van der Waals surface area (Å²) in [5, 5.41) is 0. The Bertz CT molecular complexity index is 1140. The highest BCUT2D eigenvalue weighted by molar-refractivity contribution is 6.34. The predicted octanol–water partition coefficient (Wildman–Crippen LogP) is 3.90. The molecule has 0 spiro atoms. The Labute approximate surface area is 174 Å². The Balaban J connectivity index is 1.62. The molecule has 4 nitrogen and oxygen atoms in total. The van der Waals surface area contributed by atoms with Crippen LogP contribution in [0.2, 0.25) is 0 Å². The first-order chi connectivity index (χ1) is 14.6. The van der Waals surface area contributed by atoms with Crippen LogP contribution in [0.3, 0.4) is 0 Å². The molecule has 3 aliphatic rings. The third-order valence-electron chi connectivity index (χ3n) is 6.62. The van der Waals surface area contributed by atoms with Crippen LogP contribution in [0.1, 0.15) is 11.1 Å². The van der Waals surface area contributed by atoms with E-state index in [1.54, 1.807) is 0 Å². The minimum atomic E-state index is -1.46. The lowest BCUT2D eigenvalue weighted by molar-refractivity contribution is -0.183. The summed E-state index contributed by atoms with van der Waals surface area (Å²) in [5.41, 5.74) is 1.58. The summed E-state index contributed by atoms with van der Waals surface area (Å²) in [6, 6.07) is 19.0. The van der Waals surface area contributed by atoms with Crippen molar-refractivity contribution in [3.63, 3.8) is 0 Å². The number of carbonyl (C=O) groups excluding carboxylic acids is 3. The summed E-state index contributed by atoms with van der Waals surface area (Å²) < 4.78 is 5.04. The number of fused-ring (bicyclic) bond motifs is 4. The Hall–Kier alpha value is -3.53. The summed E-state index contributed by atoms with van der Waals surface area (Å²) in [4.78, 5) is 39.8. The van der Waals surface area contributed by atoms with Crippen molar-refractivity contribution in [3.05, 3.63) is 95.6 Å². The Morgan fingerprint density at radius 1 is 1.00 bits per heavy atom. The van der Waals surface area contributed by atoms with Gasteiger partial charge in [0.05, 0.1) is 13.0 Å². The van der Waals surface area contributed by atoms with Crippen LogP contribution in [0.15, 0.2) is 84.5 Å². The Morgan fingerprint density at radius 3 is 2.33 bits per heavy atom. The average molecular weight is 396 g/mol. The summed E-state index contributed by atoms with van der Waals surface area (Å²) in [7, 11) is 1.27. The second kappa shape index (κ2) is 6.77. The molecule has 4 atom stereocenters. The third-order valence-corrected chi connectivity index (χ3v) is 6.62. The molecule has 0 saturated heterocycles. The van der Waals surface area contributed by atoms with Gasteiger partial charge < -0.3 is 4.74 Å². The first-order valence-corrected chi connectivity index (χ1v) is 9.98. The largest absolute Gasteiger partial charge is 0.468 e. The van der Waals surface area contributed by atoms with Gasteiger partial charge in [-0.05, 0) is 22.8 Å². The van der Waals surface area contributed by atoms with E-state index in [9.17, 15) is 14.4 Å². The number of rotatable bonds is 3. The molecule has 0 heterocycles. The lowest BCUT2D eigenvalue weighted by atomic mass is 9.42. The first-order valence-electron chi connectivity index (χ1n) is 9.98. The van der Waals surface area contributed by atoms with E-state index in [-0.39, 0.29) is 23.4 Å². The van der Waals surface area contributed by atoms with Gasteiger partial charge in [-0.25, -0.2) is 0 Å². The highest BCUT2D eigenvalue weighted by Gasteiger charge is 2.74. The highest BCUT2D eigenvalue weighted by Crippen LogP contribution is 2.66. The summed E-state index contributed by atoms with van der Waals surface area (Å²) >= 11 is 0. The second-order valence-corrected chi connectivity index (χ2v) is 7.96. The monoisotopic (exact) mass is 396 g/mol. The van der Waals surface area contributed by atoms with E-state index >= 15 is 0 Å². The fourth-order valence-electron chi connectivity index (χ4n) is 5.30. The van der Waals surface area contributed by atoms with Crippen molar-refractivity contribution in [1.82, 2.24) is 0 Å². The molecule has 0 N–H and O–H groups in total. The molecular weight excluding hydrogens is 376 g/mol. The topological polar surface area (TPSA) is 60.4 Å². The van der Waals surface area contributed by atoms with Crippen molar-refractivity contribution < 1.29 is 19.1 Å². The van der Waals surface area contributed by atoms with Crippen LogP contribution in [0.25, 0.3) is 11.6 Å². The number of Topliss-reactive ketones (excluding diaryl/α,β-unsaturated/α-hetero) is 1. The summed E-state index contributed by atoms with van der Waals surface area (Å²) in [6.07, 6.45) is 7.20. The van der Waals surface area contributed by atoms with Crippen LogP contribution >= 0.6 is 0 Å². The minimum Gasteiger partial charge on any atom is -0.468 e. The highest BCUT2D eigenvalue weighted by atomic mass is 16.5. The number of carbonyl (C=O) groups is 3. The molecule has 3 aliphatic carbocycles. The number of esters is 1. The molecule has 1 saturated carbocycles.